The van der Waals surface area contributed by atoms with Gasteiger partial charge in [-0.15, -0.1) is 0 Å². The Morgan fingerprint density at radius 2 is 0.778 bits per heavy atom. The number of rotatable bonds is 6. The van der Waals surface area contributed by atoms with E-state index in [4.69, 9.17) is 0 Å². The van der Waals surface area contributed by atoms with Crippen molar-refractivity contribution in [3.05, 3.63) is 235 Å². The highest BCUT2D eigenvalue weighted by molar-refractivity contribution is 6.16. The van der Waals surface area contributed by atoms with Crippen molar-refractivity contribution in [1.82, 2.24) is 0 Å². The molecule has 63 heavy (non-hydrogen) atoms. The number of anilines is 3. The largest absolute Gasteiger partial charge is 0.310 e. The lowest BCUT2D eigenvalue weighted by Gasteiger charge is -2.32. The average molecular weight is 806 g/mol. The van der Waals surface area contributed by atoms with Gasteiger partial charge in [-0.2, -0.15) is 0 Å². The van der Waals surface area contributed by atoms with Crippen molar-refractivity contribution in [3.63, 3.8) is 0 Å². The van der Waals surface area contributed by atoms with Crippen LogP contribution in [0.2, 0.25) is 0 Å². The Kier molecular flexibility index (Phi) is 8.30. The molecule has 0 aliphatic heterocycles. The van der Waals surface area contributed by atoms with Crippen molar-refractivity contribution in [1.29, 1.82) is 0 Å². The minimum absolute atomic E-state index is 0.158. The van der Waals surface area contributed by atoms with E-state index >= 15 is 0 Å². The molecule has 0 bridgehead atoms. The third kappa shape index (κ3) is 5.69. The molecular weight excluding hydrogens is 759 g/mol. The molecule has 0 atom stereocenters. The van der Waals surface area contributed by atoms with Gasteiger partial charge < -0.3 is 4.90 Å². The molecule has 0 amide bonds. The zero-order valence-corrected chi connectivity index (χ0v) is 36.2. The van der Waals surface area contributed by atoms with E-state index in [1.54, 1.807) is 0 Å². The van der Waals surface area contributed by atoms with Crippen LogP contribution in [0.5, 0.6) is 0 Å². The van der Waals surface area contributed by atoms with Gasteiger partial charge in [0, 0.05) is 27.8 Å². The standard InChI is InChI=1S/C62H47N/c1-61(2)55-26-14-12-23-50(55)52-35-33-44(38-57(52)61)63(45-34-36-53-51-24-13-15-27-56(51)62(3,4)58(53)39-45)59-28-16-25-47(42-31-29-41(30-32-42)40-17-6-5-7-18-40)60(59)54-37-43-19-8-9-20-46(43)48-21-10-11-22-49(48)54/h5-39H,1-4H3. The molecule has 10 aromatic rings. The van der Waals surface area contributed by atoms with E-state index in [9.17, 15) is 0 Å². The van der Waals surface area contributed by atoms with Gasteiger partial charge in [-0.1, -0.05) is 204 Å². The van der Waals surface area contributed by atoms with Crippen molar-refractivity contribution < 1.29 is 0 Å². The van der Waals surface area contributed by atoms with Gasteiger partial charge in [0.2, 0.25) is 0 Å². The van der Waals surface area contributed by atoms with Gasteiger partial charge in [-0.25, -0.2) is 0 Å². The second-order valence-corrected chi connectivity index (χ2v) is 18.5. The minimum atomic E-state index is -0.158. The van der Waals surface area contributed by atoms with Gasteiger partial charge in [-0.05, 0) is 130 Å². The van der Waals surface area contributed by atoms with Gasteiger partial charge >= 0.3 is 0 Å². The number of fused-ring (bicyclic) bond motifs is 9. The van der Waals surface area contributed by atoms with Crippen LogP contribution in [0.25, 0.3) is 77.2 Å². The predicted molar refractivity (Wildman–Crippen MR) is 268 cm³/mol. The van der Waals surface area contributed by atoms with Crippen LogP contribution in [0.3, 0.4) is 0 Å². The average Bonchev–Trinajstić information content (AvgIpc) is 3.70. The lowest BCUT2D eigenvalue weighted by atomic mass is 9.82. The Bertz CT molecular complexity index is 3330. The number of nitrogens with zero attached hydrogens (tertiary/aromatic N) is 1. The Balaban J connectivity index is 1.16. The molecule has 0 unspecified atom stereocenters. The zero-order valence-electron chi connectivity index (χ0n) is 36.2. The molecule has 0 N–H and O–H groups in total. The first-order chi connectivity index (χ1) is 30.8. The summed E-state index contributed by atoms with van der Waals surface area (Å²) in [6, 6.07) is 79.3. The molecule has 300 valence electrons. The van der Waals surface area contributed by atoms with E-state index in [2.05, 4.69) is 245 Å². The Labute approximate surface area is 370 Å². The fourth-order valence-corrected chi connectivity index (χ4v) is 11.1. The summed E-state index contributed by atoms with van der Waals surface area (Å²) in [6.07, 6.45) is 0. The molecule has 2 aliphatic carbocycles. The number of benzene rings is 10. The topological polar surface area (TPSA) is 3.24 Å². The van der Waals surface area contributed by atoms with Crippen molar-refractivity contribution in [2.45, 2.75) is 38.5 Å². The smallest absolute Gasteiger partial charge is 0.0546 e. The highest BCUT2D eigenvalue weighted by Gasteiger charge is 2.38. The van der Waals surface area contributed by atoms with Crippen molar-refractivity contribution in [2.24, 2.45) is 0 Å². The Morgan fingerprint density at radius 3 is 1.41 bits per heavy atom. The first-order valence-electron chi connectivity index (χ1n) is 22.3. The van der Waals surface area contributed by atoms with Crippen molar-refractivity contribution in [2.75, 3.05) is 4.90 Å². The second kappa shape index (κ2) is 14.0. The van der Waals surface area contributed by atoms with Gasteiger partial charge in [0.15, 0.2) is 0 Å². The summed E-state index contributed by atoms with van der Waals surface area (Å²) in [5.74, 6) is 0. The first kappa shape index (κ1) is 37.3. The molecule has 1 heteroatoms. The van der Waals surface area contributed by atoms with Crippen LogP contribution in [0.1, 0.15) is 49.9 Å². The summed E-state index contributed by atoms with van der Waals surface area (Å²) in [5.41, 5.74) is 21.1. The highest BCUT2D eigenvalue weighted by Crippen LogP contribution is 2.55. The molecule has 0 fully saturated rings. The van der Waals surface area contributed by atoms with Crippen LogP contribution < -0.4 is 4.90 Å². The molecule has 0 spiro atoms. The summed E-state index contributed by atoms with van der Waals surface area (Å²) in [6.45, 7) is 9.53. The van der Waals surface area contributed by atoms with E-state index < -0.39 is 0 Å². The van der Waals surface area contributed by atoms with E-state index in [0.717, 1.165) is 17.1 Å². The maximum Gasteiger partial charge on any atom is 0.0546 e. The lowest BCUT2D eigenvalue weighted by Crippen LogP contribution is -2.18. The quantitative estimate of drug-likeness (QED) is 0.151. The van der Waals surface area contributed by atoms with E-state index in [-0.39, 0.29) is 10.8 Å². The molecule has 0 saturated carbocycles. The maximum absolute atomic E-state index is 2.56. The molecular formula is C62H47N. The van der Waals surface area contributed by atoms with Gasteiger partial charge in [0.25, 0.3) is 0 Å². The van der Waals surface area contributed by atoms with Gasteiger partial charge in [0.1, 0.15) is 0 Å². The van der Waals surface area contributed by atoms with Crippen LogP contribution >= 0.6 is 0 Å². The molecule has 10 aromatic carbocycles. The van der Waals surface area contributed by atoms with E-state index in [1.165, 1.54) is 99.4 Å². The number of hydrogen-bond acceptors (Lipinski definition) is 1. The summed E-state index contributed by atoms with van der Waals surface area (Å²) >= 11 is 0. The van der Waals surface area contributed by atoms with Crippen LogP contribution in [0, 0.1) is 0 Å². The van der Waals surface area contributed by atoms with Gasteiger partial charge in [-0.3, -0.25) is 0 Å². The fraction of sp³-hybridized carbons (Fsp3) is 0.0968. The zero-order chi connectivity index (χ0) is 42.5. The molecule has 1 nitrogen and oxygen atoms in total. The summed E-state index contributed by atoms with van der Waals surface area (Å²) < 4.78 is 0. The van der Waals surface area contributed by atoms with Crippen LogP contribution in [-0.2, 0) is 10.8 Å². The summed E-state index contributed by atoms with van der Waals surface area (Å²) in [7, 11) is 0. The molecule has 0 heterocycles. The van der Waals surface area contributed by atoms with Gasteiger partial charge in [0.05, 0.1) is 5.69 Å². The predicted octanol–water partition coefficient (Wildman–Crippen LogP) is 17.1. The van der Waals surface area contributed by atoms with E-state index in [1.807, 2.05) is 0 Å². The lowest BCUT2D eigenvalue weighted by molar-refractivity contribution is 0.660. The second-order valence-electron chi connectivity index (χ2n) is 18.5. The van der Waals surface area contributed by atoms with Crippen LogP contribution in [-0.4, -0.2) is 0 Å². The van der Waals surface area contributed by atoms with Crippen LogP contribution in [0.15, 0.2) is 212 Å². The summed E-state index contributed by atoms with van der Waals surface area (Å²) in [5, 5.41) is 4.99. The van der Waals surface area contributed by atoms with E-state index in [0.29, 0.717) is 0 Å². The summed E-state index contributed by atoms with van der Waals surface area (Å²) in [4.78, 5) is 2.56. The maximum atomic E-state index is 2.56. The Morgan fingerprint density at radius 1 is 0.302 bits per heavy atom. The third-order valence-corrected chi connectivity index (χ3v) is 14.3. The highest BCUT2D eigenvalue weighted by atomic mass is 15.1. The van der Waals surface area contributed by atoms with Crippen LogP contribution in [0.4, 0.5) is 17.1 Å². The monoisotopic (exact) mass is 805 g/mol. The Hall–Kier alpha value is -7.48. The molecule has 0 radical (unpaired) electrons. The molecule has 0 saturated heterocycles. The molecule has 2 aliphatic rings. The normalized spacial score (nSPS) is 14.0. The number of hydrogen-bond donors (Lipinski definition) is 0. The van der Waals surface area contributed by atoms with Crippen molar-refractivity contribution in [3.8, 4) is 55.6 Å². The molecule has 12 rings (SSSR count). The fourth-order valence-electron chi connectivity index (χ4n) is 11.1. The first-order valence-corrected chi connectivity index (χ1v) is 22.3. The SMILES string of the molecule is CC1(C)c2ccccc2-c2ccc(N(c3ccc4c(c3)C(C)(C)c3ccccc3-4)c3cccc(-c4ccc(-c5ccccc5)cc4)c3-c3cc4ccccc4c4ccccc34)cc21. The third-order valence-electron chi connectivity index (χ3n) is 14.3. The van der Waals surface area contributed by atoms with Crippen molar-refractivity contribution >= 4 is 38.6 Å². The molecule has 0 aromatic heterocycles. The minimum Gasteiger partial charge on any atom is -0.310 e.